The summed E-state index contributed by atoms with van der Waals surface area (Å²) in [5.74, 6) is -0.121. The van der Waals surface area contributed by atoms with Crippen LogP contribution in [0.1, 0.15) is 35.0 Å². The van der Waals surface area contributed by atoms with Crippen LogP contribution in [0.25, 0.3) is 0 Å². The molecule has 2 nitrogen and oxygen atoms in total. The maximum absolute atomic E-state index is 13.6. The van der Waals surface area contributed by atoms with Gasteiger partial charge in [0.2, 0.25) is 0 Å². The predicted octanol–water partition coefficient (Wildman–Crippen LogP) is 3.87. The number of halogens is 1. The zero-order chi connectivity index (χ0) is 14.5. The van der Waals surface area contributed by atoms with E-state index in [-0.39, 0.29) is 11.9 Å². The van der Waals surface area contributed by atoms with E-state index in [2.05, 4.69) is 24.1 Å². The molecule has 0 saturated heterocycles. The Morgan fingerprint density at radius 3 is 2.80 bits per heavy atom. The van der Waals surface area contributed by atoms with Crippen molar-refractivity contribution in [1.29, 1.82) is 0 Å². The molecule has 0 amide bonds. The van der Waals surface area contributed by atoms with Crippen LogP contribution in [0, 0.1) is 12.7 Å². The summed E-state index contributed by atoms with van der Waals surface area (Å²) in [7, 11) is 0. The number of hydrogen-bond donors (Lipinski definition) is 1. The highest BCUT2D eigenvalue weighted by Crippen LogP contribution is 2.18. The minimum atomic E-state index is -0.121. The Bertz CT molecular complexity index is 565. The fourth-order valence-corrected chi connectivity index (χ4v) is 3.24. The zero-order valence-corrected chi connectivity index (χ0v) is 13.1. The van der Waals surface area contributed by atoms with Gasteiger partial charge in [0.25, 0.3) is 0 Å². The van der Waals surface area contributed by atoms with Crippen molar-refractivity contribution < 1.29 is 4.39 Å². The normalized spacial score (nSPS) is 12.6. The van der Waals surface area contributed by atoms with Crippen molar-refractivity contribution >= 4 is 11.3 Å². The molecule has 1 aromatic carbocycles. The molecule has 2 aromatic rings. The Morgan fingerprint density at radius 2 is 2.10 bits per heavy atom. The standard InChI is InChI=1S/C16H21FN2S/c1-4-15-16(20-12(3)19-15)10-18-11(2)9-13-7-5-6-8-14(13)17/h5-8,11,18H,4,9-10H2,1-3H3/t11-/m1/s1. The van der Waals surface area contributed by atoms with E-state index >= 15 is 0 Å². The lowest BCUT2D eigenvalue weighted by atomic mass is 10.1. The first-order valence-electron chi connectivity index (χ1n) is 7.02. The van der Waals surface area contributed by atoms with Crippen LogP contribution < -0.4 is 5.32 Å². The van der Waals surface area contributed by atoms with Crippen LogP contribution in [-0.2, 0) is 19.4 Å². The monoisotopic (exact) mass is 292 g/mol. The lowest BCUT2D eigenvalue weighted by Crippen LogP contribution is -2.27. The van der Waals surface area contributed by atoms with Crippen molar-refractivity contribution in [3.8, 4) is 0 Å². The lowest BCUT2D eigenvalue weighted by Gasteiger charge is -2.14. The van der Waals surface area contributed by atoms with E-state index in [0.29, 0.717) is 6.42 Å². The predicted molar refractivity (Wildman–Crippen MR) is 82.6 cm³/mol. The first-order chi connectivity index (χ1) is 9.60. The van der Waals surface area contributed by atoms with Crippen molar-refractivity contribution in [2.75, 3.05) is 0 Å². The quantitative estimate of drug-likeness (QED) is 0.874. The van der Waals surface area contributed by atoms with Crippen molar-refractivity contribution in [2.45, 2.75) is 46.2 Å². The average Bonchev–Trinajstić information content (AvgIpc) is 2.79. The highest BCUT2D eigenvalue weighted by Gasteiger charge is 2.10. The second kappa shape index (κ2) is 6.95. The second-order valence-electron chi connectivity index (χ2n) is 5.03. The van der Waals surface area contributed by atoms with Crippen LogP contribution in [0.2, 0.25) is 0 Å². The van der Waals surface area contributed by atoms with Gasteiger partial charge < -0.3 is 5.32 Å². The number of nitrogens with one attached hydrogen (secondary N) is 1. The number of hydrogen-bond acceptors (Lipinski definition) is 3. The highest BCUT2D eigenvalue weighted by molar-refractivity contribution is 7.11. The van der Waals surface area contributed by atoms with Gasteiger partial charge in [-0.05, 0) is 38.3 Å². The molecule has 0 unspecified atom stereocenters. The molecule has 0 fully saturated rings. The third kappa shape index (κ3) is 3.87. The third-order valence-electron chi connectivity index (χ3n) is 3.32. The SMILES string of the molecule is CCc1nc(C)sc1CN[C@H](C)Cc1ccccc1F. The molecule has 0 aliphatic rings. The summed E-state index contributed by atoms with van der Waals surface area (Å²) in [6.45, 7) is 7.06. The average molecular weight is 292 g/mol. The summed E-state index contributed by atoms with van der Waals surface area (Å²) in [6, 6.07) is 7.21. The molecule has 1 aromatic heterocycles. The van der Waals surface area contributed by atoms with E-state index in [9.17, 15) is 4.39 Å². The number of aromatic nitrogens is 1. The summed E-state index contributed by atoms with van der Waals surface area (Å²) < 4.78 is 13.6. The summed E-state index contributed by atoms with van der Waals surface area (Å²) in [4.78, 5) is 5.82. The van der Waals surface area contributed by atoms with Gasteiger partial charge in [-0.3, -0.25) is 0 Å². The smallest absolute Gasteiger partial charge is 0.126 e. The molecule has 2 rings (SSSR count). The number of thiazole rings is 1. The van der Waals surface area contributed by atoms with Crippen LogP contribution in [0.4, 0.5) is 4.39 Å². The topological polar surface area (TPSA) is 24.9 Å². The zero-order valence-electron chi connectivity index (χ0n) is 12.2. The van der Waals surface area contributed by atoms with Crippen molar-refractivity contribution in [1.82, 2.24) is 10.3 Å². The molecule has 0 saturated carbocycles. The van der Waals surface area contributed by atoms with Gasteiger partial charge in [-0.15, -0.1) is 11.3 Å². The molecule has 4 heteroatoms. The van der Waals surface area contributed by atoms with Gasteiger partial charge in [0.15, 0.2) is 0 Å². The van der Waals surface area contributed by atoms with Gasteiger partial charge in [-0.25, -0.2) is 9.37 Å². The second-order valence-corrected chi connectivity index (χ2v) is 6.32. The van der Waals surface area contributed by atoms with Gasteiger partial charge in [-0.1, -0.05) is 25.1 Å². The van der Waals surface area contributed by atoms with E-state index < -0.39 is 0 Å². The Hall–Kier alpha value is -1.26. The molecule has 20 heavy (non-hydrogen) atoms. The largest absolute Gasteiger partial charge is 0.309 e. The molecule has 0 bridgehead atoms. The Labute approximate surface area is 124 Å². The molecule has 1 N–H and O–H groups in total. The molecular formula is C16H21FN2S. The Balaban J connectivity index is 1.92. The van der Waals surface area contributed by atoms with Crippen molar-refractivity contribution in [3.63, 3.8) is 0 Å². The third-order valence-corrected chi connectivity index (χ3v) is 4.33. The van der Waals surface area contributed by atoms with Crippen LogP contribution in [0.3, 0.4) is 0 Å². The minimum Gasteiger partial charge on any atom is -0.309 e. The highest BCUT2D eigenvalue weighted by atomic mass is 32.1. The van der Waals surface area contributed by atoms with Crippen LogP contribution in [0.15, 0.2) is 24.3 Å². The molecule has 0 spiro atoms. The van der Waals surface area contributed by atoms with Gasteiger partial charge >= 0.3 is 0 Å². The van der Waals surface area contributed by atoms with Crippen LogP contribution in [-0.4, -0.2) is 11.0 Å². The minimum absolute atomic E-state index is 0.121. The molecular weight excluding hydrogens is 271 g/mol. The molecule has 108 valence electrons. The number of rotatable bonds is 6. The summed E-state index contributed by atoms with van der Waals surface area (Å²) in [6.07, 6.45) is 1.66. The van der Waals surface area contributed by atoms with Gasteiger partial charge in [0, 0.05) is 17.5 Å². The van der Waals surface area contributed by atoms with Gasteiger partial charge in [-0.2, -0.15) is 0 Å². The lowest BCUT2D eigenvalue weighted by molar-refractivity contribution is 0.527. The van der Waals surface area contributed by atoms with Gasteiger partial charge in [0.05, 0.1) is 10.7 Å². The van der Waals surface area contributed by atoms with Crippen LogP contribution >= 0.6 is 11.3 Å². The summed E-state index contributed by atoms with van der Waals surface area (Å²) in [5, 5.41) is 4.58. The van der Waals surface area contributed by atoms with E-state index in [1.165, 1.54) is 16.6 Å². The molecule has 1 heterocycles. The maximum Gasteiger partial charge on any atom is 0.126 e. The molecule has 0 aliphatic heterocycles. The summed E-state index contributed by atoms with van der Waals surface area (Å²) >= 11 is 1.74. The van der Waals surface area contributed by atoms with Crippen molar-refractivity contribution in [2.24, 2.45) is 0 Å². The molecule has 1 atom stereocenters. The number of aryl methyl sites for hydroxylation is 2. The van der Waals surface area contributed by atoms with Crippen LogP contribution in [0.5, 0.6) is 0 Å². The molecule has 0 aliphatic carbocycles. The Kier molecular flexibility index (Phi) is 5.26. The summed E-state index contributed by atoms with van der Waals surface area (Å²) in [5.41, 5.74) is 1.95. The fourth-order valence-electron chi connectivity index (χ4n) is 2.26. The first-order valence-corrected chi connectivity index (χ1v) is 7.83. The number of nitrogens with zero attached hydrogens (tertiary/aromatic N) is 1. The van der Waals surface area contributed by atoms with Gasteiger partial charge in [0.1, 0.15) is 5.82 Å². The first kappa shape index (κ1) is 15.1. The van der Waals surface area contributed by atoms with E-state index in [0.717, 1.165) is 23.5 Å². The Morgan fingerprint density at radius 1 is 1.35 bits per heavy atom. The van der Waals surface area contributed by atoms with Crippen molar-refractivity contribution in [3.05, 3.63) is 51.2 Å². The molecule has 0 radical (unpaired) electrons. The maximum atomic E-state index is 13.6. The number of benzene rings is 1. The fraction of sp³-hybridized carbons (Fsp3) is 0.438. The van der Waals surface area contributed by atoms with E-state index in [1.807, 2.05) is 19.1 Å². The van der Waals surface area contributed by atoms with E-state index in [4.69, 9.17) is 0 Å². The van der Waals surface area contributed by atoms with E-state index in [1.54, 1.807) is 17.4 Å².